The van der Waals surface area contributed by atoms with Crippen LogP contribution < -0.4 is 5.73 Å². The molecule has 0 saturated carbocycles. The minimum absolute atomic E-state index is 0.668. The second-order valence-corrected chi connectivity index (χ2v) is 4.31. The van der Waals surface area contributed by atoms with Crippen LogP contribution >= 0.6 is 0 Å². The minimum atomic E-state index is -1.16. The Hall–Kier alpha value is -2.24. The number of nitrogen functional groups attached to an aromatic ring is 1. The van der Waals surface area contributed by atoms with Gasteiger partial charge in [-0.15, -0.1) is 0 Å². The van der Waals surface area contributed by atoms with Gasteiger partial charge >= 0.3 is 0 Å². The monoisotopic (exact) mass is 237 g/mol. The SMILES string of the molecule is CC(O)(C#Cc1cccc(N)c1)c1ccccc1. The van der Waals surface area contributed by atoms with Crippen molar-refractivity contribution in [1.82, 2.24) is 0 Å². The number of rotatable bonds is 1. The van der Waals surface area contributed by atoms with Gasteiger partial charge in [0, 0.05) is 11.3 Å². The van der Waals surface area contributed by atoms with Crippen LogP contribution in [0.15, 0.2) is 54.6 Å². The molecule has 2 aromatic rings. The average Bonchev–Trinajstić information content (AvgIpc) is 2.38. The lowest BCUT2D eigenvalue weighted by Crippen LogP contribution is -2.18. The maximum Gasteiger partial charge on any atom is 0.148 e. The molecule has 0 spiro atoms. The van der Waals surface area contributed by atoms with Gasteiger partial charge in [-0.1, -0.05) is 48.2 Å². The molecule has 0 bridgehead atoms. The van der Waals surface area contributed by atoms with Crippen molar-refractivity contribution in [3.05, 3.63) is 65.7 Å². The highest BCUT2D eigenvalue weighted by Crippen LogP contribution is 2.19. The molecule has 0 saturated heterocycles. The highest BCUT2D eigenvalue weighted by Gasteiger charge is 2.18. The van der Waals surface area contributed by atoms with Crippen molar-refractivity contribution in [1.29, 1.82) is 0 Å². The van der Waals surface area contributed by atoms with E-state index in [4.69, 9.17) is 5.73 Å². The van der Waals surface area contributed by atoms with E-state index in [1.807, 2.05) is 42.5 Å². The molecule has 0 aliphatic heterocycles. The van der Waals surface area contributed by atoms with Crippen LogP contribution in [0.25, 0.3) is 0 Å². The van der Waals surface area contributed by atoms with E-state index in [1.165, 1.54) is 0 Å². The molecule has 0 aliphatic carbocycles. The molecule has 2 aromatic carbocycles. The van der Waals surface area contributed by atoms with Crippen LogP contribution in [0.3, 0.4) is 0 Å². The van der Waals surface area contributed by atoms with E-state index in [0.29, 0.717) is 5.69 Å². The van der Waals surface area contributed by atoms with Crippen molar-refractivity contribution in [3.8, 4) is 11.8 Å². The first kappa shape index (κ1) is 12.2. The predicted molar refractivity (Wildman–Crippen MR) is 73.7 cm³/mol. The van der Waals surface area contributed by atoms with E-state index < -0.39 is 5.60 Å². The Kier molecular flexibility index (Phi) is 3.36. The molecular weight excluding hydrogens is 222 g/mol. The third kappa shape index (κ3) is 2.91. The number of nitrogens with two attached hydrogens (primary N) is 1. The summed E-state index contributed by atoms with van der Waals surface area (Å²) in [6, 6.07) is 16.7. The predicted octanol–water partition coefficient (Wildman–Crippen LogP) is 2.53. The van der Waals surface area contributed by atoms with Crippen molar-refractivity contribution in [2.45, 2.75) is 12.5 Å². The van der Waals surface area contributed by atoms with Gasteiger partial charge in [0.05, 0.1) is 0 Å². The van der Waals surface area contributed by atoms with Crippen molar-refractivity contribution in [2.24, 2.45) is 0 Å². The van der Waals surface area contributed by atoms with E-state index in [9.17, 15) is 5.11 Å². The normalized spacial score (nSPS) is 13.2. The summed E-state index contributed by atoms with van der Waals surface area (Å²) < 4.78 is 0. The van der Waals surface area contributed by atoms with E-state index in [0.717, 1.165) is 11.1 Å². The van der Waals surface area contributed by atoms with Crippen LogP contribution in [-0.2, 0) is 5.60 Å². The Morgan fingerprint density at radius 3 is 2.44 bits per heavy atom. The summed E-state index contributed by atoms with van der Waals surface area (Å²) in [6.07, 6.45) is 0. The van der Waals surface area contributed by atoms with Crippen LogP contribution in [0.2, 0.25) is 0 Å². The van der Waals surface area contributed by atoms with Crippen LogP contribution in [0.1, 0.15) is 18.1 Å². The van der Waals surface area contributed by atoms with Gasteiger partial charge < -0.3 is 10.8 Å². The Morgan fingerprint density at radius 2 is 1.78 bits per heavy atom. The topological polar surface area (TPSA) is 46.2 Å². The highest BCUT2D eigenvalue weighted by atomic mass is 16.3. The van der Waals surface area contributed by atoms with Gasteiger partial charge in [-0.3, -0.25) is 0 Å². The van der Waals surface area contributed by atoms with Crippen LogP contribution in [0.5, 0.6) is 0 Å². The molecule has 2 heteroatoms. The zero-order valence-electron chi connectivity index (χ0n) is 10.2. The fourth-order valence-corrected chi connectivity index (χ4v) is 1.65. The van der Waals surface area contributed by atoms with E-state index >= 15 is 0 Å². The molecular formula is C16H15NO. The van der Waals surface area contributed by atoms with Gasteiger partial charge in [0.25, 0.3) is 0 Å². The molecule has 0 amide bonds. The first-order valence-electron chi connectivity index (χ1n) is 5.74. The molecule has 1 unspecified atom stereocenters. The van der Waals surface area contributed by atoms with Gasteiger partial charge in [0.1, 0.15) is 5.60 Å². The number of anilines is 1. The summed E-state index contributed by atoms with van der Waals surface area (Å²) in [7, 11) is 0. The lowest BCUT2D eigenvalue weighted by molar-refractivity contribution is 0.122. The lowest BCUT2D eigenvalue weighted by Gasteiger charge is -2.16. The largest absolute Gasteiger partial charge is 0.399 e. The molecule has 0 heterocycles. The first-order valence-corrected chi connectivity index (χ1v) is 5.74. The Morgan fingerprint density at radius 1 is 1.06 bits per heavy atom. The molecule has 2 nitrogen and oxygen atoms in total. The maximum atomic E-state index is 10.3. The third-order valence-electron chi connectivity index (χ3n) is 2.67. The fraction of sp³-hybridized carbons (Fsp3) is 0.125. The van der Waals surface area contributed by atoms with E-state index in [1.54, 1.807) is 19.1 Å². The van der Waals surface area contributed by atoms with Gasteiger partial charge in [0.2, 0.25) is 0 Å². The molecule has 90 valence electrons. The zero-order chi connectivity index (χ0) is 13.0. The zero-order valence-corrected chi connectivity index (χ0v) is 10.2. The van der Waals surface area contributed by atoms with Crippen LogP contribution in [0, 0.1) is 11.8 Å². The number of aliphatic hydroxyl groups is 1. The molecule has 2 rings (SSSR count). The minimum Gasteiger partial charge on any atom is -0.399 e. The second kappa shape index (κ2) is 4.95. The first-order chi connectivity index (χ1) is 8.58. The summed E-state index contributed by atoms with van der Waals surface area (Å²) in [5, 5.41) is 10.3. The maximum absolute atomic E-state index is 10.3. The average molecular weight is 237 g/mol. The highest BCUT2D eigenvalue weighted by molar-refractivity contribution is 5.48. The third-order valence-corrected chi connectivity index (χ3v) is 2.67. The summed E-state index contributed by atoms with van der Waals surface area (Å²) in [6.45, 7) is 1.68. The smallest absolute Gasteiger partial charge is 0.148 e. The Bertz CT molecular complexity index is 591. The quantitative estimate of drug-likeness (QED) is 0.591. The molecule has 0 aromatic heterocycles. The van der Waals surface area contributed by atoms with Gasteiger partial charge in [0.15, 0.2) is 0 Å². The molecule has 18 heavy (non-hydrogen) atoms. The molecule has 1 atom stereocenters. The van der Waals surface area contributed by atoms with Gasteiger partial charge in [-0.05, 0) is 30.7 Å². The van der Waals surface area contributed by atoms with Crippen LogP contribution in [0.4, 0.5) is 5.69 Å². The van der Waals surface area contributed by atoms with Crippen molar-refractivity contribution < 1.29 is 5.11 Å². The van der Waals surface area contributed by atoms with E-state index in [-0.39, 0.29) is 0 Å². The van der Waals surface area contributed by atoms with E-state index in [2.05, 4.69) is 11.8 Å². The second-order valence-electron chi connectivity index (χ2n) is 4.31. The van der Waals surface area contributed by atoms with Gasteiger partial charge in [-0.25, -0.2) is 0 Å². The summed E-state index contributed by atoms with van der Waals surface area (Å²) in [4.78, 5) is 0. The summed E-state index contributed by atoms with van der Waals surface area (Å²) >= 11 is 0. The molecule has 0 radical (unpaired) electrons. The number of hydrogen-bond acceptors (Lipinski definition) is 2. The molecule has 3 N–H and O–H groups in total. The Balaban J connectivity index is 2.29. The molecule has 0 aliphatic rings. The fourth-order valence-electron chi connectivity index (χ4n) is 1.65. The number of hydrogen-bond donors (Lipinski definition) is 2. The van der Waals surface area contributed by atoms with Crippen LogP contribution in [-0.4, -0.2) is 5.11 Å². The summed E-state index contributed by atoms with van der Waals surface area (Å²) in [5.74, 6) is 5.81. The summed E-state index contributed by atoms with van der Waals surface area (Å²) in [5.41, 5.74) is 6.76. The molecule has 0 fully saturated rings. The Labute approximate surface area is 107 Å². The number of benzene rings is 2. The lowest BCUT2D eigenvalue weighted by atomic mass is 9.96. The van der Waals surface area contributed by atoms with Gasteiger partial charge in [-0.2, -0.15) is 0 Å². The van der Waals surface area contributed by atoms with Crippen molar-refractivity contribution in [2.75, 3.05) is 5.73 Å². The van der Waals surface area contributed by atoms with Crippen molar-refractivity contribution in [3.63, 3.8) is 0 Å². The van der Waals surface area contributed by atoms with Crippen molar-refractivity contribution >= 4 is 5.69 Å². The standard InChI is InChI=1S/C16H15NO/c1-16(18,14-7-3-2-4-8-14)11-10-13-6-5-9-15(17)12-13/h2-9,12,18H,17H2,1H3.